The first-order valence-corrected chi connectivity index (χ1v) is 15.1. The van der Waals surface area contributed by atoms with E-state index in [2.05, 4.69) is 27.4 Å². The molecule has 0 amide bonds. The number of fused-ring (bicyclic) bond motifs is 4. The maximum absolute atomic E-state index is 13.4. The van der Waals surface area contributed by atoms with Crippen LogP contribution in [0.15, 0.2) is 58.3 Å². The van der Waals surface area contributed by atoms with Gasteiger partial charge in [0.15, 0.2) is 0 Å². The van der Waals surface area contributed by atoms with Gasteiger partial charge in [-0.25, -0.2) is 0 Å². The Morgan fingerprint density at radius 3 is 2.28 bits per heavy atom. The number of methoxy groups -OCH3 is 1. The Hall–Kier alpha value is -4.13. The third kappa shape index (κ3) is 5.92. The summed E-state index contributed by atoms with van der Waals surface area (Å²) >= 11 is 0. The van der Waals surface area contributed by atoms with Crippen LogP contribution in [0.25, 0.3) is 10.9 Å². The minimum absolute atomic E-state index is 0.0444. The molecule has 3 fully saturated rings. The van der Waals surface area contributed by atoms with Crippen molar-refractivity contribution in [2.75, 3.05) is 30.8 Å². The van der Waals surface area contributed by atoms with Gasteiger partial charge in [0, 0.05) is 30.7 Å². The third-order valence-corrected chi connectivity index (χ3v) is 9.49. The van der Waals surface area contributed by atoms with Crippen molar-refractivity contribution in [3.05, 3.63) is 91.4 Å². The molecule has 2 bridgehead atoms. The van der Waals surface area contributed by atoms with E-state index in [1.807, 2.05) is 18.2 Å². The predicted molar refractivity (Wildman–Crippen MR) is 162 cm³/mol. The fourth-order valence-corrected chi connectivity index (χ4v) is 7.08. The molecular formula is C33H32F6N4O3. The zero-order chi connectivity index (χ0) is 33.0. The second-order valence-corrected chi connectivity index (χ2v) is 12.1. The monoisotopic (exact) mass is 646 g/mol. The number of rotatable bonds is 9. The number of anilines is 2. The highest BCUT2D eigenvalue weighted by Gasteiger charge is 2.44. The lowest BCUT2D eigenvalue weighted by molar-refractivity contribution is -0.143. The summed E-state index contributed by atoms with van der Waals surface area (Å²) in [4.78, 5) is 32.6. The first-order valence-electron chi connectivity index (χ1n) is 15.1. The van der Waals surface area contributed by atoms with E-state index in [1.165, 1.54) is 0 Å². The molecule has 7 nitrogen and oxygen atoms in total. The molecule has 3 saturated heterocycles. The summed E-state index contributed by atoms with van der Waals surface area (Å²) in [7, 11) is 1.55. The van der Waals surface area contributed by atoms with Crippen molar-refractivity contribution in [2.45, 2.75) is 57.2 Å². The Morgan fingerprint density at radius 1 is 0.978 bits per heavy atom. The summed E-state index contributed by atoms with van der Waals surface area (Å²) in [6, 6.07) is 7.99. The van der Waals surface area contributed by atoms with Gasteiger partial charge in [0.1, 0.15) is 17.1 Å². The lowest BCUT2D eigenvalue weighted by Gasteiger charge is -2.52. The molecule has 13 heteroatoms. The van der Waals surface area contributed by atoms with Crippen LogP contribution in [0.5, 0.6) is 5.75 Å². The lowest BCUT2D eigenvalue weighted by Crippen LogP contribution is -2.56. The molecule has 2 N–H and O–H groups in total. The summed E-state index contributed by atoms with van der Waals surface area (Å²) in [5.74, 6) is 1.62. The van der Waals surface area contributed by atoms with Crippen LogP contribution >= 0.6 is 0 Å². The van der Waals surface area contributed by atoms with Gasteiger partial charge in [0.05, 0.1) is 29.8 Å². The Kier molecular flexibility index (Phi) is 8.24. The molecular weight excluding hydrogens is 614 g/mol. The van der Waals surface area contributed by atoms with Gasteiger partial charge in [-0.1, -0.05) is 13.3 Å². The summed E-state index contributed by atoms with van der Waals surface area (Å²) in [6.45, 7) is 3.38. The molecule has 5 atom stereocenters. The summed E-state index contributed by atoms with van der Waals surface area (Å²) < 4.78 is 86.0. The summed E-state index contributed by atoms with van der Waals surface area (Å²) in [5.41, 5.74) is -3.70. The van der Waals surface area contributed by atoms with Crippen LogP contribution in [-0.2, 0) is 18.9 Å². The third-order valence-electron chi connectivity index (χ3n) is 9.49. The van der Waals surface area contributed by atoms with E-state index >= 15 is 0 Å². The number of nitrogens with zero attached hydrogens (tertiary/aromatic N) is 2. The molecule has 0 spiro atoms. The smallest absolute Gasteiger partial charge is 0.416 e. The van der Waals surface area contributed by atoms with Gasteiger partial charge in [0.2, 0.25) is 0 Å². The zero-order valence-electron chi connectivity index (χ0n) is 25.1. The highest BCUT2D eigenvalue weighted by atomic mass is 19.4. The molecule has 4 aromatic rings. The van der Waals surface area contributed by atoms with Crippen LogP contribution < -0.4 is 26.2 Å². The van der Waals surface area contributed by atoms with Crippen molar-refractivity contribution < 1.29 is 31.1 Å². The second kappa shape index (κ2) is 11.9. The number of hydrogen-bond acceptors (Lipinski definition) is 7. The van der Waals surface area contributed by atoms with E-state index in [-0.39, 0.29) is 29.0 Å². The molecule has 4 unspecified atom stereocenters. The van der Waals surface area contributed by atoms with Crippen molar-refractivity contribution in [2.24, 2.45) is 11.8 Å². The Morgan fingerprint density at radius 2 is 1.67 bits per heavy atom. The Bertz CT molecular complexity index is 1800. The number of benzene rings is 2. The molecule has 244 valence electrons. The molecule has 4 heterocycles. The van der Waals surface area contributed by atoms with Gasteiger partial charge in [-0.15, -0.1) is 0 Å². The molecule has 3 aromatic carbocycles. The number of halogens is 6. The Balaban J connectivity index is 1.36. The number of ether oxygens (including phenoxy) is 1. The molecule has 7 rings (SSSR count). The van der Waals surface area contributed by atoms with Crippen LogP contribution in [0, 0.1) is 11.8 Å². The first-order chi connectivity index (χ1) is 21.8. The van der Waals surface area contributed by atoms with Crippen LogP contribution in [0.1, 0.15) is 54.5 Å². The van der Waals surface area contributed by atoms with Crippen LogP contribution in [0.2, 0.25) is 0 Å². The minimum atomic E-state index is -5.01. The summed E-state index contributed by atoms with van der Waals surface area (Å²) in [6.07, 6.45) is -5.43. The highest BCUT2D eigenvalue weighted by Crippen LogP contribution is 2.44. The number of pyridine rings is 1. The van der Waals surface area contributed by atoms with E-state index in [1.54, 1.807) is 19.4 Å². The van der Waals surface area contributed by atoms with Crippen molar-refractivity contribution >= 4 is 22.3 Å². The number of piperidine rings is 3. The second-order valence-electron chi connectivity index (χ2n) is 12.1. The van der Waals surface area contributed by atoms with Crippen molar-refractivity contribution in [3.63, 3.8) is 0 Å². The Labute approximate surface area is 260 Å². The molecule has 3 aliphatic heterocycles. The van der Waals surface area contributed by atoms with Gasteiger partial charge in [-0.2, -0.15) is 26.3 Å². The van der Waals surface area contributed by atoms with Crippen molar-refractivity contribution in [1.82, 2.24) is 9.88 Å². The van der Waals surface area contributed by atoms with E-state index in [0.717, 1.165) is 43.3 Å². The van der Waals surface area contributed by atoms with Gasteiger partial charge in [-0.3, -0.25) is 19.5 Å². The molecule has 46 heavy (non-hydrogen) atoms. The highest BCUT2D eigenvalue weighted by molar-refractivity contribution is 5.85. The lowest BCUT2D eigenvalue weighted by atomic mass is 9.72. The van der Waals surface area contributed by atoms with Gasteiger partial charge in [-0.05, 0) is 84.8 Å². The van der Waals surface area contributed by atoms with Crippen molar-refractivity contribution in [1.29, 1.82) is 0 Å². The molecule has 0 aliphatic carbocycles. The van der Waals surface area contributed by atoms with E-state index in [4.69, 9.17) is 4.74 Å². The summed E-state index contributed by atoms with van der Waals surface area (Å²) in [5, 5.41) is 6.74. The number of alkyl halides is 6. The normalized spacial score (nSPS) is 22.3. The van der Waals surface area contributed by atoms with Gasteiger partial charge < -0.3 is 15.4 Å². The van der Waals surface area contributed by atoms with Gasteiger partial charge >= 0.3 is 12.4 Å². The van der Waals surface area contributed by atoms with E-state index in [9.17, 15) is 35.9 Å². The molecule has 3 aliphatic rings. The van der Waals surface area contributed by atoms with Crippen LogP contribution in [-0.4, -0.2) is 36.1 Å². The van der Waals surface area contributed by atoms with Crippen molar-refractivity contribution in [3.8, 4) is 5.75 Å². The maximum Gasteiger partial charge on any atom is 0.416 e. The quantitative estimate of drug-likeness (QED) is 0.154. The fraction of sp³-hybridized carbons (Fsp3) is 0.424. The standard InChI is InChI=1S/C33H32F6N4O3/c1-3-18-16-43-9-7-19(18)12-26(43)27(23-6-8-40-25-5-4-22(46-2)14-24(23)25)42-29-28(30(44)31(29)45)41-15-17-10-20(32(34,35)36)13-21(11-17)33(37,38)39/h4-6,8,10-11,13-14,18-19,26-27,41-42H,3,7,9,12,15-16H2,1-2H3/t18?,19?,26?,27-/m0/s1. The topological polar surface area (TPSA) is 83.6 Å². The first kappa shape index (κ1) is 31.8. The molecule has 0 radical (unpaired) electrons. The predicted octanol–water partition coefficient (Wildman–Crippen LogP) is 6.76. The average Bonchev–Trinajstić information content (AvgIpc) is 3.04. The number of hydrogen-bond donors (Lipinski definition) is 2. The fourth-order valence-electron chi connectivity index (χ4n) is 7.08. The molecule has 1 aromatic heterocycles. The van der Waals surface area contributed by atoms with Crippen LogP contribution in [0.3, 0.4) is 0 Å². The average molecular weight is 647 g/mol. The molecule has 0 saturated carbocycles. The van der Waals surface area contributed by atoms with Crippen LogP contribution in [0.4, 0.5) is 37.7 Å². The zero-order valence-corrected chi connectivity index (χ0v) is 25.1. The number of nitrogens with one attached hydrogen (secondary N) is 2. The number of aromatic nitrogens is 1. The van der Waals surface area contributed by atoms with E-state index < -0.39 is 46.9 Å². The minimum Gasteiger partial charge on any atom is -0.497 e. The maximum atomic E-state index is 13.4. The SMILES string of the molecule is CCC1CN2CCC1CC2[C@@H](Nc1c(NCc2cc(C(F)(F)F)cc(C(F)(F)F)c2)c(=O)c1=O)c1ccnc2ccc(OC)cc12. The largest absolute Gasteiger partial charge is 0.497 e. The van der Waals surface area contributed by atoms with E-state index in [0.29, 0.717) is 35.2 Å². The van der Waals surface area contributed by atoms with Gasteiger partial charge in [0.25, 0.3) is 10.9 Å².